The van der Waals surface area contributed by atoms with E-state index >= 15 is 0 Å². The first-order valence-electron chi connectivity index (χ1n) is 11.9. The molecule has 10 heteroatoms. The molecule has 2 saturated carbocycles. The van der Waals surface area contributed by atoms with E-state index in [4.69, 9.17) is 9.47 Å². The van der Waals surface area contributed by atoms with Gasteiger partial charge in [-0.25, -0.2) is 8.78 Å². The number of carbonyl (C=O) groups is 2. The summed E-state index contributed by atoms with van der Waals surface area (Å²) < 4.78 is 40.9. The SMILES string of the molecule is COc1c2n(cc(C(=O)NC3(c4ccc(F)cc4F)CC3)c1=O)CC1O[C@H]3CCC[C@@H](C3)N1C2=O. The summed E-state index contributed by atoms with van der Waals surface area (Å²) in [5, 5.41) is 2.76. The van der Waals surface area contributed by atoms with Crippen molar-refractivity contribution in [2.45, 2.75) is 69.0 Å². The summed E-state index contributed by atoms with van der Waals surface area (Å²) in [6.45, 7) is 0.267. The Labute approximate surface area is 199 Å². The molecule has 3 heterocycles. The van der Waals surface area contributed by atoms with Gasteiger partial charge in [0.05, 0.1) is 25.3 Å². The quantitative estimate of drug-likeness (QED) is 0.719. The zero-order valence-corrected chi connectivity index (χ0v) is 19.2. The molecule has 184 valence electrons. The Kier molecular flexibility index (Phi) is 5.00. The second-order valence-corrected chi connectivity index (χ2v) is 9.81. The van der Waals surface area contributed by atoms with Gasteiger partial charge < -0.3 is 24.3 Å². The fraction of sp³-hybridized carbons (Fsp3) is 0.480. The number of rotatable bonds is 4. The number of aromatic nitrogens is 1. The first kappa shape index (κ1) is 22.2. The van der Waals surface area contributed by atoms with Crippen molar-refractivity contribution >= 4 is 11.8 Å². The van der Waals surface area contributed by atoms with E-state index in [1.165, 1.54) is 19.4 Å². The Morgan fingerprint density at radius 1 is 1.23 bits per heavy atom. The van der Waals surface area contributed by atoms with E-state index < -0.39 is 34.7 Å². The van der Waals surface area contributed by atoms with Crippen LogP contribution in [0.5, 0.6) is 5.75 Å². The first-order valence-corrected chi connectivity index (χ1v) is 11.9. The molecule has 1 aromatic carbocycles. The van der Waals surface area contributed by atoms with E-state index in [9.17, 15) is 23.2 Å². The Hall–Kier alpha value is -3.27. The van der Waals surface area contributed by atoms with Gasteiger partial charge in [0.25, 0.3) is 11.8 Å². The number of methoxy groups -OCH3 is 1. The zero-order valence-electron chi connectivity index (χ0n) is 19.2. The van der Waals surface area contributed by atoms with Crippen LogP contribution < -0.4 is 15.5 Å². The molecule has 1 saturated heterocycles. The lowest BCUT2D eigenvalue weighted by Crippen LogP contribution is -2.61. The number of ether oxygens (including phenoxy) is 2. The van der Waals surface area contributed by atoms with Crippen molar-refractivity contribution < 1.29 is 27.8 Å². The molecule has 4 aliphatic rings. The molecule has 0 spiro atoms. The molecule has 6 rings (SSSR count). The first-order chi connectivity index (χ1) is 16.8. The van der Waals surface area contributed by atoms with Gasteiger partial charge in [0, 0.05) is 23.9 Å². The number of nitrogens with zero attached hydrogens (tertiary/aromatic N) is 2. The molecular formula is C25H25F2N3O5. The number of amides is 2. The highest BCUT2D eigenvalue weighted by Crippen LogP contribution is 2.47. The number of fused-ring (bicyclic) bond motifs is 5. The van der Waals surface area contributed by atoms with Crippen molar-refractivity contribution in [3.63, 3.8) is 0 Å². The van der Waals surface area contributed by atoms with Gasteiger partial charge >= 0.3 is 0 Å². The number of benzene rings is 1. The average molecular weight is 485 g/mol. The van der Waals surface area contributed by atoms with Gasteiger partial charge in [0.1, 0.15) is 17.2 Å². The largest absolute Gasteiger partial charge is 0.491 e. The molecule has 2 aliphatic carbocycles. The third-order valence-corrected chi connectivity index (χ3v) is 7.68. The molecule has 2 aromatic rings. The van der Waals surface area contributed by atoms with Gasteiger partial charge in [-0.05, 0) is 44.6 Å². The molecule has 1 unspecified atom stereocenters. The molecule has 2 amide bonds. The van der Waals surface area contributed by atoms with Gasteiger partial charge in [-0.2, -0.15) is 0 Å². The number of halogens is 2. The van der Waals surface area contributed by atoms with E-state index in [2.05, 4.69) is 5.32 Å². The Bertz CT molecular complexity index is 1300. The molecule has 2 bridgehead atoms. The Morgan fingerprint density at radius 2 is 2.03 bits per heavy atom. The molecule has 1 N–H and O–H groups in total. The van der Waals surface area contributed by atoms with Crippen LogP contribution >= 0.6 is 0 Å². The molecule has 3 fully saturated rings. The predicted octanol–water partition coefficient (Wildman–Crippen LogP) is 2.68. The van der Waals surface area contributed by atoms with E-state index in [1.54, 1.807) is 9.47 Å². The van der Waals surface area contributed by atoms with E-state index in [-0.39, 0.29) is 47.2 Å². The van der Waals surface area contributed by atoms with Crippen molar-refractivity contribution in [3.8, 4) is 5.75 Å². The third kappa shape index (κ3) is 3.45. The topological polar surface area (TPSA) is 89.9 Å². The van der Waals surface area contributed by atoms with Crippen LogP contribution in [0.25, 0.3) is 0 Å². The van der Waals surface area contributed by atoms with Gasteiger partial charge in [0.15, 0.2) is 17.7 Å². The van der Waals surface area contributed by atoms with Crippen LogP contribution in [0.2, 0.25) is 0 Å². The van der Waals surface area contributed by atoms with Crippen molar-refractivity contribution in [2.24, 2.45) is 0 Å². The summed E-state index contributed by atoms with van der Waals surface area (Å²) in [7, 11) is 1.29. The highest BCUT2D eigenvalue weighted by molar-refractivity contribution is 5.99. The normalized spacial score (nSPS) is 26.0. The second kappa shape index (κ2) is 7.87. The van der Waals surface area contributed by atoms with E-state index in [1.807, 2.05) is 0 Å². The van der Waals surface area contributed by atoms with Crippen molar-refractivity contribution in [3.05, 3.63) is 63.1 Å². The monoisotopic (exact) mass is 485 g/mol. The van der Waals surface area contributed by atoms with Crippen LogP contribution in [-0.2, 0) is 16.8 Å². The van der Waals surface area contributed by atoms with Gasteiger partial charge in [-0.15, -0.1) is 0 Å². The number of hydrogen-bond acceptors (Lipinski definition) is 5. The maximum atomic E-state index is 14.4. The molecule has 3 atom stereocenters. The summed E-state index contributed by atoms with van der Waals surface area (Å²) in [5.74, 6) is -2.72. The highest BCUT2D eigenvalue weighted by atomic mass is 19.1. The van der Waals surface area contributed by atoms with E-state index in [0.717, 1.165) is 37.8 Å². The average Bonchev–Trinajstić information content (AvgIpc) is 3.59. The fourth-order valence-corrected chi connectivity index (χ4v) is 5.84. The number of pyridine rings is 1. The van der Waals surface area contributed by atoms with Crippen LogP contribution in [0, 0.1) is 11.6 Å². The fourth-order valence-electron chi connectivity index (χ4n) is 5.84. The minimum atomic E-state index is -1.01. The molecule has 8 nitrogen and oxygen atoms in total. The summed E-state index contributed by atoms with van der Waals surface area (Å²) in [6, 6.07) is 3.27. The molecular weight excluding hydrogens is 460 g/mol. The van der Waals surface area contributed by atoms with Crippen LogP contribution in [0.3, 0.4) is 0 Å². The minimum Gasteiger partial charge on any atom is -0.491 e. The molecule has 1 aromatic heterocycles. The minimum absolute atomic E-state index is 0.0527. The van der Waals surface area contributed by atoms with Crippen LogP contribution in [0.1, 0.15) is 64.9 Å². The lowest BCUT2D eigenvalue weighted by Gasteiger charge is -2.50. The molecule has 0 radical (unpaired) electrons. The smallest absolute Gasteiger partial charge is 0.276 e. The third-order valence-electron chi connectivity index (χ3n) is 7.68. The summed E-state index contributed by atoms with van der Waals surface area (Å²) in [5.41, 5.74) is -1.66. The van der Waals surface area contributed by atoms with Crippen molar-refractivity contribution in [1.29, 1.82) is 0 Å². The van der Waals surface area contributed by atoms with Crippen LogP contribution in [0.15, 0.2) is 29.2 Å². The van der Waals surface area contributed by atoms with Crippen LogP contribution in [-0.4, -0.2) is 46.8 Å². The zero-order chi connectivity index (χ0) is 24.5. The lowest BCUT2D eigenvalue weighted by atomic mass is 9.89. The Morgan fingerprint density at radius 3 is 2.74 bits per heavy atom. The Balaban J connectivity index is 1.36. The molecule has 2 aliphatic heterocycles. The second-order valence-electron chi connectivity index (χ2n) is 9.81. The van der Waals surface area contributed by atoms with Gasteiger partial charge in [-0.3, -0.25) is 14.4 Å². The summed E-state index contributed by atoms with van der Waals surface area (Å²) in [4.78, 5) is 41.7. The van der Waals surface area contributed by atoms with Crippen LogP contribution in [0.4, 0.5) is 8.78 Å². The standard InChI is InChI=1S/C25H25F2N3O5/c1-34-22-20-24(33)30-14-3-2-4-15(10-14)35-19(30)12-29(20)11-16(21(22)31)23(32)28-25(7-8-25)17-6-5-13(26)9-18(17)27/h5-6,9,11,14-15,19H,2-4,7-8,10,12H2,1H3,(H,28,32)/t14-,15-,19?/m0/s1. The molecule has 35 heavy (non-hydrogen) atoms. The lowest BCUT2D eigenvalue weighted by molar-refractivity contribution is -0.170. The maximum Gasteiger partial charge on any atom is 0.276 e. The number of nitrogens with one attached hydrogen (secondary N) is 1. The summed E-state index contributed by atoms with van der Waals surface area (Å²) in [6.07, 6.45) is 5.47. The van der Waals surface area contributed by atoms with Gasteiger partial charge in [0.2, 0.25) is 5.43 Å². The van der Waals surface area contributed by atoms with Crippen molar-refractivity contribution in [2.75, 3.05) is 7.11 Å². The van der Waals surface area contributed by atoms with Crippen molar-refractivity contribution in [1.82, 2.24) is 14.8 Å². The predicted molar refractivity (Wildman–Crippen MR) is 119 cm³/mol. The number of carbonyl (C=O) groups excluding carboxylic acids is 2. The number of hydrogen-bond donors (Lipinski definition) is 1. The summed E-state index contributed by atoms with van der Waals surface area (Å²) >= 11 is 0. The van der Waals surface area contributed by atoms with Gasteiger partial charge in [-0.1, -0.05) is 6.07 Å². The van der Waals surface area contributed by atoms with E-state index in [0.29, 0.717) is 12.8 Å². The maximum absolute atomic E-state index is 14.4. The highest BCUT2D eigenvalue weighted by Gasteiger charge is 2.49.